The van der Waals surface area contributed by atoms with Crippen LogP contribution in [0.2, 0.25) is 5.02 Å². The fraction of sp³-hybridized carbons (Fsp3) is 0.529. The Kier molecular flexibility index (Phi) is 5.78. The third kappa shape index (κ3) is 4.05. The lowest BCUT2D eigenvalue weighted by molar-refractivity contribution is -0.131. The quantitative estimate of drug-likeness (QED) is 0.733. The van der Waals surface area contributed by atoms with E-state index in [1.165, 1.54) is 0 Å². The van der Waals surface area contributed by atoms with Crippen molar-refractivity contribution in [1.29, 1.82) is 0 Å². The highest BCUT2D eigenvalue weighted by molar-refractivity contribution is 6.30. The lowest BCUT2D eigenvalue weighted by atomic mass is 10.1. The van der Waals surface area contributed by atoms with E-state index in [-0.39, 0.29) is 17.9 Å². The van der Waals surface area contributed by atoms with Gasteiger partial charge < -0.3 is 20.7 Å². The Labute approximate surface area is 152 Å². The van der Waals surface area contributed by atoms with Gasteiger partial charge in [0, 0.05) is 37.7 Å². The average molecular weight is 367 g/mol. The summed E-state index contributed by atoms with van der Waals surface area (Å²) in [7, 11) is 0. The van der Waals surface area contributed by atoms with Crippen LogP contribution in [-0.2, 0) is 4.79 Å². The molecule has 0 radical (unpaired) electrons. The monoisotopic (exact) mass is 366 g/mol. The standard InChI is InChI=1S/C17H23ClN4O3/c18-12-2-3-13(15(10-12)25-9-1-4-19)17(24)22-8-7-21-6-5-20-16(23)14(21)11-22/h2-3,10,14H,1,4-9,11,19H2,(H,20,23). The van der Waals surface area contributed by atoms with Gasteiger partial charge in [0.2, 0.25) is 5.91 Å². The molecule has 7 nitrogen and oxygen atoms in total. The molecule has 1 aromatic carbocycles. The molecule has 2 fully saturated rings. The molecule has 25 heavy (non-hydrogen) atoms. The largest absolute Gasteiger partial charge is 0.493 e. The number of rotatable bonds is 5. The molecule has 1 unspecified atom stereocenters. The summed E-state index contributed by atoms with van der Waals surface area (Å²) in [6, 6.07) is 4.72. The smallest absolute Gasteiger partial charge is 0.257 e. The van der Waals surface area contributed by atoms with E-state index in [2.05, 4.69) is 10.2 Å². The number of benzene rings is 1. The number of nitrogens with zero attached hydrogens (tertiary/aromatic N) is 2. The molecule has 2 aliphatic heterocycles. The molecule has 2 aliphatic rings. The van der Waals surface area contributed by atoms with Crippen LogP contribution >= 0.6 is 11.6 Å². The normalized spacial score (nSPS) is 20.8. The fourth-order valence-electron chi connectivity index (χ4n) is 3.19. The maximum absolute atomic E-state index is 13.0. The van der Waals surface area contributed by atoms with Gasteiger partial charge >= 0.3 is 0 Å². The molecular weight excluding hydrogens is 344 g/mol. The molecule has 2 amide bonds. The van der Waals surface area contributed by atoms with E-state index in [9.17, 15) is 9.59 Å². The van der Waals surface area contributed by atoms with Gasteiger partial charge in [0.15, 0.2) is 0 Å². The zero-order chi connectivity index (χ0) is 17.8. The van der Waals surface area contributed by atoms with Gasteiger partial charge in [-0.25, -0.2) is 0 Å². The number of amides is 2. The minimum atomic E-state index is -0.277. The number of piperazine rings is 2. The molecule has 1 aromatic rings. The third-order valence-corrected chi connectivity index (χ3v) is 4.79. The number of hydrogen-bond donors (Lipinski definition) is 2. The lowest BCUT2D eigenvalue weighted by Crippen LogP contribution is -2.64. The summed E-state index contributed by atoms with van der Waals surface area (Å²) in [5, 5.41) is 3.37. The van der Waals surface area contributed by atoms with Crippen molar-refractivity contribution in [2.75, 3.05) is 45.9 Å². The van der Waals surface area contributed by atoms with Crippen LogP contribution in [0.3, 0.4) is 0 Å². The SMILES string of the molecule is NCCCOc1cc(Cl)ccc1C(=O)N1CCN2CCNC(=O)C2C1. The van der Waals surface area contributed by atoms with Crippen LogP contribution in [0.15, 0.2) is 18.2 Å². The van der Waals surface area contributed by atoms with Crippen LogP contribution in [0.25, 0.3) is 0 Å². The molecule has 2 saturated heterocycles. The van der Waals surface area contributed by atoms with Crippen LogP contribution in [0.1, 0.15) is 16.8 Å². The van der Waals surface area contributed by atoms with Gasteiger partial charge in [-0.1, -0.05) is 11.6 Å². The Balaban J connectivity index is 1.75. The molecule has 0 aliphatic carbocycles. The highest BCUT2D eigenvalue weighted by Crippen LogP contribution is 2.26. The van der Waals surface area contributed by atoms with Gasteiger partial charge in [-0.2, -0.15) is 0 Å². The van der Waals surface area contributed by atoms with Crippen molar-refractivity contribution in [2.24, 2.45) is 5.73 Å². The van der Waals surface area contributed by atoms with Gasteiger partial charge in [0.05, 0.1) is 12.2 Å². The van der Waals surface area contributed by atoms with Gasteiger partial charge in [-0.15, -0.1) is 0 Å². The topological polar surface area (TPSA) is 87.9 Å². The minimum absolute atomic E-state index is 0.0146. The maximum Gasteiger partial charge on any atom is 0.257 e. The Morgan fingerprint density at radius 1 is 1.36 bits per heavy atom. The molecule has 0 aromatic heterocycles. The van der Waals surface area contributed by atoms with E-state index in [0.717, 1.165) is 6.54 Å². The van der Waals surface area contributed by atoms with Crippen molar-refractivity contribution < 1.29 is 14.3 Å². The number of carbonyl (C=O) groups excluding carboxylic acids is 2. The predicted molar refractivity (Wildman–Crippen MR) is 94.9 cm³/mol. The van der Waals surface area contributed by atoms with Gasteiger partial charge in [0.25, 0.3) is 5.91 Å². The molecule has 0 saturated carbocycles. The Bertz CT molecular complexity index is 655. The van der Waals surface area contributed by atoms with Crippen molar-refractivity contribution in [2.45, 2.75) is 12.5 Å². The van der Waals surface area contributed by atoms with Crippen molar-refractivity contribution in [3.05, 3.63) is 28.8 Å². The molecule has 2 heterocycles. The third-order valence-electron chi connectivity index (χ3n) is 4.56. The van der Waals surface area contributed by atoms with E-state index in [0.29, 0.717) is 62.1 Å². The molecule has 0 spiro atoms. The Morgan fingerprint density at radius 3 is 3.00 bits per heavy atom. The van der Waals surface area contributed by atoms with Crippen molar-refractivity contribution >= 4 is 23.4 Å². The van der Waals surface area contributed by atoms with Crippen molar-refractivity contribution in [3.8, 4) is 5.75 Å². The van der Waals surface area contributed by atoms with E-state index >= 15 is 0 Å². The number of nitrogens with one attached hydrogen (secondary N) is 1. The summed E-state index contributed by atoms with van der Waals surface area (Å²) in [5.41, 5.74) is 5.95. The van der Waals surface area contributed by atoms with Gasteiger partial charge in [-0.3, -0.25) is 14.5 Å². The number of carbonyl (C=O) groups is 2. The second-order valence-corrected chi connectivity index (χ2v) is 6.66. The zero-order valence-corrected chi connectivity index (χ0v) is 14.8. The van der Waals surface area contributed by atoms with Crippen LogP contribution in [-0.4, -0.2) is 73.5 Å². The minimum Gasteiger partial charge on any atom is -0.493 e. The summed E-state index contributed by atoms with van der Waals surface area (Å²) in [5.74, 6) is 0.304. The van der Waals surface area contributed by atoms with E-state index in [1.54, 1.807) is 23.1 Å². The highest BCUT2D eigenvalue weighted by atomic mass is 35.5. The fourth-order valence-corrected chi connectivity index (χ4v) is 3.35. The van der Waals surface area contributed by atoms with Crippen LogP contribution in [0.4, 0.5) is 0 Å². The maximum atomic E-state index is 13.0. The van der Waals surface area contributed by atoms with Gasteiger partial charge in [-0.05, 0) is 31.2 Å². The Hall–Kier alpha value is -1.83. The number of fused-ring (bicyclic) bond motifs is 1. The van der Waals surface area contributed by atoms with Crippen LogP contribution in [0, 0.1) is 0 Å². The van der Waals surface area contributed by atoms with Crippen molar-refractivity contribution in [1.82, 2.24) is 15.1 Å². The summed E-state index contributed by atoms with van der Waals surface area (Å²) < 4.78 is 5.70. The lowest BCUT2D eigenvalue weighted by Gasteiger charge is -2.43. The second kappa shape index (κ2) is 8.03. The van der Waals surface area contributed by atoms with E-state index < -0.39 is 0 Å². The molecule has 0 bridgehead atoms. The molecule has 3 N–H and O–H groups in total. The summed E-state index contributed by atoms with van der Waals surface area (Å²) >= 11 is 6.04. The molecule has 8 heteroatoms. The van der Waals surface area contributed by atoms with Gasteiger partial charge in [0.1, 0.15) is 11.8 Å². The van der Waals surface area contributed by atoms with E-state index in [4.69, 9.17) is 22.1 Å². The average Bonchev–Trinajstić information content (AvgIpc) is 2.62. The molecule has 136 valence electrons. The highest BCUT2D eigenvalue weighted by Gasteiger charge is 2.37. The number of nitrogens with two attached hydrogens (primary N) is 1. The number of ether oxygens (including phenoxy) is 1. The van der Waals surface area contributed by atoms with E-state index in [1.807, 2.05) is 0 Å². The molecular formula is C17H23ClN4O3. The summed E-state index contributed by atoms with van der Waals surface area (Å²) in [4.78, 5) is 28.9. The summed E-state index contributed by atoms with van der Waals surface area (Å²) in [6.07, 6.45) is 0.695. The first-order valence-corrected chi connectivity index (χ1v) is 8.91. The molecule has 3 rings (SSSR count). The number of halogens is 1. The zero-order valence-electron chi connectivity index (χ0n) is 14.0. The summed E-state index contributed by atoms with van der Waals surface area (Å²) in [6.45, 7) is 4.11. The second-order valence-electron chi connectivity index (χ2n) is 6.23. The Morgan fingerprint density at radius 2 is 2.20 bits per heavy atom. The van der Waals surface area contributed by atoms with Crippen LogP contribution in [0.5, 0.6) is 5.75 Å². The first kappa shape index (κ1) is 18.0. The van der Waals surface area contributed by atoms with Crippen molar-refractivity contribution in [3.63, 3.8) is 0 Å². The molecule has 1 atom stereocenters. The number of hydrogen-bond acceptors (Lipinski definition) is 5. The first-order chi connectivity index (χ1) is 12.1. The first-order valence-electron chi connectivity index (χ1n) is 8.53. The predicted octanol–water partition coefficient (Wildman–Crippen LogP) is 0.324. The van der Waals surface area contributed by atoms with Crippen LogP contribution < -0.4 is 15.8 Å².